The average molecular weight is 545 g/mol. The molecule has 2 amide bonds. The Hall–Kier alpha value is -3.07. The van der Waals surface area contributed by atoms with Crippen LogP contribution < -0.4 is 10.2 Å². The van der Waals surface area contributed by atoms with Crippen molar-refractivity contribution in [1.82, 2.24) is 19.8 Å². The van der Waals surface area contributed by atoms with E-state index in [9.17, 15) is 9.59 Å². The molecule has 3 aliphatic rings. The van der Waals surface area contributed by atoms with Crippen molar-refractivity contribution in [2.45, 2.75) is 59.1 Å². The molecule has 3 atom stereocenters. The monoisotopic (exact) mass is 544 g/mol. The van der Waals surface area contributed by atoms with E-state index in [4.69, 9.17) is 21.3 Å². The van der Waals surface area contributed by atoms with Crippen LogP contribution in [-0.4, -0.2) is 78.0 Å². The summed E-state index contributed by atoms with van der Waals surface area (Å²) < 4.78 is 5.99. The van der Waals surface area contributed by atoms with Crippen molar-refractivity contribution in [3.05, 3.63) is 47.0 Å². The second-order valence-corrected chi connectivity index (χ2v) is 10.4. The first-order valence-electron chi connectivity index (χ1n) is 13.5. The topological polar surface area (TPSA) is 90.9 Å². The number of carbonyl (C=O) groups excluding carboxylic acids is 2. The summed E-state index contributed by atoms with van der Waals surface area (Å²) in [6, 6.07) is -0.0984. The first-order chi connectivity index (χ1) is 18.2. The lowest BCUT2D eigenvalue weighted by Gasteiger charge is -2.37. The molecule has 0 spiro atoms. The summed E-state index contributed by atoms with van der Waals surface area (Å²) in [4.78, 5) is 38.3. The van der Waals surface area contributed by atoms with Gasteiger partial charge in [0.2, 0.25) is 12.4 Å². The van der Waals surface area contributed by atoms with Crippen LogP contribution in [0.4, 0.5) is 11.8 Å². The Morgan fingerprint density at radius 1 is 1.29 bits per heavy atom. The summed E-state index contributed by atoms with van der Waals surface area (Å²) in [6.45, 7) is 10.6. The molecule has 208 valence electrons. The number of hydrogen-bond donors (Lipinski definition) is 1. The molecule has 0 radical (unpaired) electrons. The van der Waals surface area contributed by atoms with Gasteiger partial charge >= 0.3 is 0 Å². The van der Waals surface area contributed by atoms with Crippen molar-refractivity contribution < 1.29 is 14.3 Å². The van der Waals surface area contributed by atoms with Crippen LogP contribution in [0.1, 0.15) is 47.0 Å². The summed E-state index contributed by atoms with van der Waals surface area (Å²) in [6.07, 6.45) is 13.0. The van der Waals surface area contributed by atoms with Crippen molar-refractivity contribution in [3.8, 4) is 0 Å². The molecule has 1 aromatic heterocycles. The molecular formula is C28H41ClN6O3. The van der Waals surface area contributed by atoms with E-state index in [-0.39, 0.29) is 24.0 Å². The number of allylic oxidation sites excluding steroid dienone is 1. The molecule has 4 rings (SSSR count). The SMILES string of the molecule is CC.CC1CCN(c2ncc(Cl)c(NC3=CC4C=C(OC(C)CCN(C)C=O)C(=O)N(C)C4C=C3)n2)CC1. The largest absolute Gasteiger partial charge is 0.485 e. The first kappa shape index (κ1) is 29.5. The summed E-state index contributed by atoms with van der Waals surface area (Å²) in [5, 5.41) is 3.79. The van der Waals surface area contributed by atoms with Crippen LogP contribution in [0.15, 0.2) is 42.0 Å². The third-order valence-electron chi connectivity index (χ3n) is 7.02. The number of amides is 2. The van der Waals surface area contributed by atoms with Crippen molar-refractivity contribution in [1.29, 1.82) is 0 Å². The van der Waals surface area contributed by atoms with Gasteiger partial charge in [-0.15, -0.1) is 0 Å². The Morgan fingerprint density at radius 2 is 2.00 bits per heavy atom. The predicted octanol–water partition coefficient (Wildman–Crippen LogP) is 4.48. The van der Waals surface area contributed by atoms with Crippen LogP contribution in [-0.2, 0) is 14.3 Å². The van der Waals surface area contributed by atoms with Crippen molar-refractivity contribution in [2.75, 3.05) is 43.9 Å². The van der Waals surface area contributed by atoms with E-state index in [0.29, 0.717) is 35.5 Å². The van der Waals surface area contributed by atoms with Crippen LogP contribution in [0.2, 0.25) is 5.02 Å². The Kier molecular flexibility index (Phi) is 10.6. The van der Waals surface area contributed by atoms with Gasteiger partial charge in [-0.1, -0.05) is 44.5 Å². The minimum atomic E-state index is -0.204. The molecule has 1 aromatic rings. The number of rotatable bonds is 9. The van der Waals surface area contributed by atoms with Gasteiger partial charge in [0.15, 0.2) is 11.6 Å². The Labute approximate surface area is 231 Å². The number of ether oxygens (including phenoxy) is 1. The normalized spacial score (nSPS) is 21.9. The van der Waals surface area contributed by atoms with E-state index in [0.717, 1.165) is 44.0 Å². The highest BCUT2D eigenvalue weighted by Crippen LogP contribution is 2.32. The highest BCUT2D eigenvalue weighted by Gasteiger charge is 2.35. The number of carbonyl (C=O) groups is 2. The molecular weight excluding hydrogens is 504 g/mol. The van der Waals surface area contributed by atoms with Crippen LogP contribution in [0.25, 0.3) is 0 Å². The summed E-state index contributed by atoms with van der Waals surface area (Å²) in [5.41, 5.74) is 0.842. The second-order valence-electron chi connectivity index (χ2n) is 9.96. The molecule has 1 fully saturated rings. The van der Waals surface area contributed by atoms with Gasteiger partial charge in [0.25, 0.3) is 5.91 Å². The number of likely N-dealkylation sites (N-methyl/N-ethyl adjacent to an activating group) is 1. The van der Waals surface area contributed by atoms with Crippen LogP contribution >= 0.6 is 11.6 Å². The summed E-state index contributed by atoms with van der Waals surface area (Å²) in [5.74, 6) is 2.07. The molecule has 1 aliphatic carbocycles. The van der Waals surface area contributed by atoms with Gasteiger partial charge in [-0.2, -0.15) is 4.98 Å². The molecule has 3 unspecified atom stereocenters. The predicted molar refractivity (Wildman–Crippen MR) is 152 cm³/mol. The Balaban J connectivity index is 0.00000195. The highest BCUT2D eigenvalue weighted by atomic mass is 35.5. The number of piperidine rings is 1. The third-order valence-corrected chi connectivity index (χ3v) is 7.30. The first-order valence-corrected chi connectivity index (χ1v) is 13.9. The minimum absolute atomic E-state index is 0.0660. The summed E-state index contributed by atoms with van der Waals surface area (Å²) in [7, 11) is 3.50. The lowest BCUT2D eigenvalue weighted by molar-refractivity contribution is -0.133. The minimum Gasteiger partial charge on any atom is -0.485 e. The van der Waals surface area contributed by atoms with Gasteiger partial charge < -0.3 is 24.8 Å². The van der Waals surface area contributed by atoms with Gasteiger partial charge in [0.05, 0.1) is 18.3 Å². The third kappa shape index (κ3) is 7.28. The number of nitrogens with one attached hydrogen (secondary N) is 1. The maximum atomic E-state index is 12.9. The fourth-order valence-corrected chi connectivity index (χ4v) is 4.75. The maximum Gasteiger partial charge on any atom is 0.288 e. The fraction of sp³-hybridized carbons (Fsp3) is 0.571. The molecule has 1 N–H and O–H groups in total. The van der Waals surface area contributed by atoms with Crippen molar-refractivity contribution in [2.24, 2.45) is 11.8 Å². The molecule has 0 bridgehead atoms. The number of aromatic nitrogens is 2. The lowest BCUT2D eigenvalue weighted by Crippen LogP contribution is -2.46. The van der Waals surface area contributed by atoms with Gasteiger partial charge in [0.1, 0.15) is 5.02 Å². The molecule has 10 heteroatoms. The lowest BCUT2D eigenvalue weighted by atomic mass is 9.89. The molecule has 1 saturated heterocycles. The fourth-order valence-electron chi connectivity index (χ4n) is 4.61. The number of anilines is 2. The zero-order valence-corrected chi connectivity index (χ0v) is 24.1. The van der Waals surface area contributed by atoms with E-state index < -0.39 is 0 Å². The van der Waals surface area contributed by atoms with Gasteiger partial charge in [0, 0.05) is 51.8 Å². The quantitative estimate of drug-likeness (QED) is 0.458. The molecule has 38 heavy (non-hydrogen) atoms. The molecule has 0 aromatic carbocycles. The van der Waals surface area contributed by atoms with E-state index >= 15 is 0 Å². The molecule has 2 aliphatic heterocycles. The van der Waals surface area contributed by atoms with E-state index in [1.165, 1.54) is 0 Å². The van der Waals surface area contributed by atoms with Crippen molar-refractivity contribution in [3.63, 3.8) is 0 Å². The van der Waals surface area contributed by atoms with E-state index in [1.807, 2.05) is 39.0 Å². The number of halogens is 1. The average Bonchev–Trinajstić information content (AvgIpc) is 2.93. The Bertz CT molecular complexity index is 1070. The smallest absolute Gasteiger partial charge is 0.288 e. The Morgan fingerprint density at radius 3 is 2.68 bits per heavy atom. The summed E-state index contributed by atoms with van der Waals surface area (Å²) >= 11 is 6.43. The standard InChI is InChI=1S/C26H35ClN6O3.C2H6/c1-17-7-11-33(12-8-17)26-28-15-21(27)24(30-26)29-20-5-6-22-19(13-20)14-23(25(35)32(22)4)36-18(2)9-10-31(3)16-34;1-2/h5-6,13-19,22H,7-12H2,1-4H3,(H,28,29,30);1-2H3. The van der Waals surface area contributed by atoms with Gasteiger partial charge in [-0.05, 0) is 37.8 Å². The molecule has 3 heterocycles. The van der Waals surface area contributed by atoms with Crippen LogP contribution in [0.3, 0.4) is 0 Å². The highest BCUT2D eigenvalue weighted by molar-refractivity contribution is 6.32. The van der Waals surface area contributed by atoms with E-state index in [1.54, 1.807) is 30.1 Å². The number of nitrogens with zero attached hydrogens (tertiary/aromatic N) is 5. The van der Waals surface area contributed by atoms with Gasteiger partial charge in [-0.25, -0.2) is 4.98 Å². The zero-order chi connectivity index (χ0) is 27.8. The second kappa shape index (κ2) is 13.6. The number of fused-ring (bicyclic) bond motifs is 1. The molecule has 9 nitrogen and oxygen atoms in total. The zero-order valence-electron chi connectivity index (χ0n) is 23.4. The van der Waals surface area contributed by atoms with E-state index in [2.05, 4.69) is 28.2 Å². The number of hydrogen-bond acceptors (Lipinski definition) is 7. The molecule has 0 saturated carbocycles. The van der Waals surface area contributed by atoms with Crippen LogP contribution in [0.5, 0.6) is 0 Å². The maximum absolute atomic E-state index is 12.9. The van der Waals surface area contributed by atoms with Gasteiger partial charge in [-0.3, -0.25) is 9.59 Å². The van der Waals surface area contributed by atoms with Crippen molar-refractivity contribution >= 4 is 35.7 Å². The van der Waals surface area contributed by atoms with Crippen LogP contribution in [0, 0.1) is 11.8 Å².